The number of amides is 1. The second kappa shape index (κ2) is 7.54. The van der Waals surface area contributed by atoms with Gasteiger partial charge in [-0.15, -0.1) is 11.3 Å². The molecule has 0 radical (unpaired) electrons. The molecule has 1 saturated heterocycles. The maximum atomic E-state index is 12.8. The zero-order valence-corrected chi connectivity index (χ0v) is 16.2. The number of aromatic nitrogens is 2. The standard InChI is InChI=1S/C20H23N5OS/c1-15-18(27-20(21)22-15)14-23-10-12-25(13-11-23)19(26)16-4-6-17(7-5-16)24-8-2-3-9-24/h2-9H,10-14H2,1H3,(H2,21,22). The summed E-state index contributed by atoms with van der Waals surface area (Å²) in [4.78, 5) is 22.6. The lowest BCUT2D eigenvalue weighted by atomic mass is 10.1. The Morgan fingerprint density at radius 1 is 1.11 bits per heavy atom. The van der Waals surface area contributed by atoms with E-state index in [4.69, 9.17) is 5.73 Å². The van der Waals surface area contributed by atoms with Crippen molar-refractivity contribution in [3.63, 3.8) is 0 Å². The Labute approximate surface area is 162 Å². The lowest BCUT2D eigenvalue weighted by molar-refractivity contribution is 0.0629. The summed E-state index contributed by atoms with van der Waals surface area (Å²) in [5.41, 5.74) is 8.60. The van der Waals surface area contributed by atoms with Crippen molar-refractivity contribution in [2.24, 2.45) is 0 Å². The van der Waals surface area contributed by atoms with Crippen LogP contribution in [0.2, 0.25) is 0 Å². The number of nitrogen functional groups attached to an aromatic ring is 1. The van der Waals surface area contributed by atoms with E-state index in [1.807, 2.05) is 65.2 Å². The van der Waals surface area contributed by atoms with Crippen molar-refractivity contribution in [2.45, 2.75) is 13.5 Å². The number of hydrogen-bond donors (Lipinski definition) is 1. The van der Waals surface area contributed by atoms with Crippen LogP contribution in [0.3, 0.4) is 0 Å². The molecule has 0 saturated carbocycles. The predicted molar refractivity (Wildman–Crippen MR) is 108 cm³/mol. The molecule has 2 N–H and O–H groups in total. The molecule has 1 fully saturated rings. The Morgan fingerprint density at radius 3 is 2.37 bits per heavy atom. The lowest BCUT2D eigenvalue weighted by Gasteiger charge is -2.34. The molecule has 0 spiro atoms. The minimum Gasteiger partial charge on any atom is -0.375 e. The Hall–Kier alpha value is -2.64. The van der Waals surface area contributed by atoms with Gasteiger partial charge in [0.1, 0.15) is 0 Å². The largest absolute Gasteiger partial charge is 0.375 e. The summed E-state index contributed by atoms with van der Waals surface area (Å²) in [5.74, 6) is 0.104. The van der Waals surface area contributed by atoms with Crippen LogP contribution in [0.4, 0.5) is 5.13 Å². The van der Waals surface area contributed by atoms with Crippen LogP contribution < -0.4 is 5.73 Å². The number of thiazole rings is 1. The van der Waals surface area contributed by atoms with Crippen LogP contribution >= 0.6 is 11.3 Å². The predicted octanol–water partition coefficient (Wildman–Crippen LogP) is 2.78. The normalized spacial score (nSPS) is 15.2. The molecule has 7 heteroatoms. The smallest absolute Gasteiger partial charge is 0.253 e. The number of anilines is 1. The third kappa shape index (κ3) is 3.89. The molecule has 0 bridgehead atoms. The second-order valence-electron chi connectivity index (χ2n) is 6.77. The van der Waals surface area contributed by atoms with Crippen molar-refractivity contribution in [1.29, 1.82) is 0 Å². The first kappa shape index (κ1) is 17.8. The number of nitrogens with zero attached hydrogens (tertiary/aromatic N) is 4. The molecule has 1 aliphatic rings. The fourth-order valence-electron chi connectivity index (χ4n) is 3.37. The van der Waals surface area contributed by atoms with Crippen molar-refractivity contribution in [2.75, 3.05) is 31.9 Å². The maximum Gasteiger partial charge on any atom is 0.253 e. The SMILES string of the molecule is Cc1nc(N)sc1CN1CCN(C(=O)c2ccc(-n3cccc3)cc2)CC1. The van der Waals surface area contributed by atoms with Crippen LogP contribution in [0, 0.1) is 6.92 Å². The van der Waals surface area contributed by atoms with Gasteiger partial charge < -0.3 is 15.2 Å². The molecule has 3 aromatic rings. The van der Waals surface area contributed by atoms with Crippen molar-refractivity contribution in [1.82, 2.24) is 19.4 Å². The first-order valence-corrected chi connectivity index (χ1v) is 9.88. The number of benzene rings is 1. The highest BCUT2D eigenvalue weighted by atomic mass is 32.1. The summed E-state index contributed by atoms with van der Waals surface area (Å²) in [7, 11) is 0. The number of piperazine rings is 1. The van der Waals surface area contributed by atoms with E-state index in [0.717, 1.165) is 49.7 Å². The molecule has 0 atom stereocenters. The highest BCUT2D eigenvalue weighted by Crippen LogP contribution is 2.22. The Bertz CT molecular complexity index is 909. The summed E-state index contributed by atoms with van der Waals surface area (Å²) in [6, 6.07) is 11.8. The summed E-state index contributed by atoms with van der Waals surface area (Å²) in [5, 5.41) is 0.625. The minimum atomic E-state index is 0.104. The highest BCUT2D eigenvalue weighted by molar-refractivity contribution is 7.15. The molecule has 1 aliphatic heterocycles. The van der Waals surface area contributed by atoms with Gasteiger partial charge in [-0.05, 0) is 43.3 Å². The van der Waals surface area contributed by atoms with E-state index in [0.29, 0.717) is 5.13 Å². The quantitative estimate of drug-likeness (QED) is 0.755. The van der Waals surface area contributed by atoms with Crippen molar-refractivity contribution in [3.05, 3.63) is 64.9 Å². The van der Waals surface area contributed by atoms with E-state index < -0.39 is 0 Å². The molecule has 27 heavy (non-hydrogen) atoms. The number of rotatable bonds is 4. The molecule has 0 aliphatic carbocycles. The van der Waals surface area contributed by atoms with Crippen LogP contribution in [-0.2, 0) is 6.54 Å². The second-order valence-corrected chi connectivity index (χ2v) is 7.88. The van der Waals surface area contributed by atoms with E-state index in [1.54, 1.807) is 11.3 Å². The highest BCUT2D eigenvalue weighted by Gasteiger charge is 2.23. The zero-order valence-electron chi connectivity index (χ0n) is 15.3. The molecule has 140 valence electrons. The molecule has 6 nitrogen and oxygen atoms in total. The zero-order chi connectivity index (χ0) is 18.8. The van der Waals surface area contributed by atoms with Crippen molar-refractivity contribution < 1.29 is 4.79 Å². The van der Waals surface area contributed by atoms with Gasteiger partial charge in [0.25, 0.3) is 5.91 Å². The molecule has 4 rings (SSSR count). The first-order valence-electron chi connectivity index (χ1n) is 9.07. The van der Waals surface area contributed by atoms with Gasteiger partial charge in [-0.25, -0.2) is 4.98 Å². The molecule has 1 aromatic carbocycles. The average molecular weight is 382 g/mol. The minimum absolute atomic E-state index is 0.104. The summed E-state index contributed by atoms with van der Waals surface area (Å²) >= 11 is 1.55. The molecular formula is C20H23N5OS. The average Bonchev–Trinajstić information content (AvgIpc) is 3.32. The van der Waals surface area contributed by atoms with Crippen LogP contribution in [0.5, 0.6) is 0 Å². The Kier molecular flexibility index (Phi) is 4.96. The monoisotopic (exact) mass is 381 g/mol. The van der Waals surface area contributed by atoms with Crippen LogP contribution in [0.25, 0.3) is 5.69 Å². The number of hydrogen-bond acceptors (Lipinski definition) is 5. The summed E-state index contributed by atoms with van der Waals surface area (Å²) < 4.78 is 2.03. The lowest BCUT2D eigenvalue weighted by Crippen LogP contribution is -2.48. The number of nitrogens with two attached hydrogens (primary N) is 1. The van der Waals surface area contributed by atoms with Crippen LogP contribution in [0.15, 0.2) is 48.8 Å². The van der Waals surface area contributed by atoms with Gasteiger partial charge in [-0.2, -0.15) is 0 Å². The third-order valence-electron chi connectivity index (χ3n) is 4.95. The van der Waals surface area contributed by atoms with Gasteiger partial charge in [-0.3, -0.25) is 9.69 Å². The van der Waals surface area contributed by atoms with Gasteiger partial charge in [-0.1, -0.05) is 0 Å². The topological polar surface area (TPSA) is 67.4 Å². The third-order valence-corrected chi connectivity index (χ3v) is 5.92. The fourth-order valence-corrected chi connectivity index (χ4v) is 4.25. The van der Waals surface area contributed by atoms with Crippen LogP contribution in [-0.4, -0.2) is 51.4 Å². The van der Waals surface area contributed by atoms with Gasteiger partial charge >= 0.3 is 0 Å². The maximum absolute atomic E-state index is 12.8. The summed E-state index contributed by atoms with van der Waals surface area (Å²) in [6.07, 6.45) is 3.99. The van der Waals surface area contributed by atoms with E-state index in [9.17, 15) is 4.79 Å². The van der Waals surface area contributed by atoms with E-state index >= 15 is 0 Å². The number of aryl methyl sites for hydroxylation is 1. The molecule has 0 unspecified atom stereocenters. The van der Waals surface area contributed by atoms with Gasteiger partial charge in [0.05, 0.1) is 5.69 Å². The molecule has 3 heterocycles. The summed E-state index contributed by atoms with van der Waals surface area (Å²) in [6.45, 7) is 6.07. The van der Waals surface area contributed by atoms with Crippen molar-refractivity contribution in [3.8, 4) is 5.69 Å². The Morgan fingerprint density at radius 2 is 1.78 bits per heavy atom. The van der Waals surface area contributed by atoms with Gasteiger partial charge in [0, 0.05) is 61.2 Å². The van der Waals surface area contributed by atoms with Gasteiger partial charge in [0.2, 0.25) is 0 Å². The number of carbonyl (C=O) groups excluding carboxylic acids is 1. The molecule has 2 aromatic heterocycles. The molecule has 1 amide bonds. The van der Waals surface area contributed by atoms with Crippen molar-refractivity contribution >= 4 is 22.4 Å². The van der Waals surface area contributed by atoms with Crippen LogP contribution in [0.1, 0.15) is 20.9 Å². The van der Waals surface area contributed by atoms with E-state index in [-0.39, 0.29) is 5.91 Å². The fraction of sp³-hybridized carbons (Fsp3) is 0.300. The first-order chi connectivity index (χ1) is 13.1. The van der Waals surface area contributed by atoms with E-state index in [1.165, 1.54) is 4.88 Å². The Balaban J connectivity index is 1.35. The van der Waals surface area contributed by atoms with E-state index in [2.05, 4.69) is 9.88 Å². The van der Waals surface area contributed by atoms with Gasteiger partial charge in [0.15, 0.2) is 5.13 Å². The number of carbonyl (C=O) groups is 1. The molecular weight excluding hydrogens is 358 g/mol.